The first-order chi connectivity index (χ1) is 16.3. The summed E-state index contributed by atoms with van der Waals surface area (Å²) >= 11 is 0. The number of furan rings is 1. The van der Waals surface area contributed by atoms with Crippen LogP contribution in [0.5, 0.6) is 0 Å². The van der Waals surface area contributed by atoms with Crippen molar-refractivity contribution in [2.24, 2.45) is 0 Å². The molecule has 1 aromatic carbocycles. The Morgan fingerprint density at radius 3 is 2.71 bits per heavy atom. The Hall–Kier alpha value is -3.66. The van der Waals surface area contributed by atoms with Gasteiger partial charge in [-0.2, -0.15) is 0 Å². The van der Waals surface area contributed by atoms with E-state index in [1.54, 1.807) is 18.3 Å². The summed E-state index contributed by atoms with van der Waals surface area (Å²) in [5, 5.41) is 2.82. The van der Waals surface area contributed by atoms with Gasteiger partial charge in [0.2, 0.25) is 0 Å². The molecule has 0 aliphatic carbocycles. The van der Waals surface area contributed by atoms with Gasteiger partial charge in [-0.05, 0) is 48.2 Å². The van der Waals surface area contributed by atoms with E-state index in [2.05, 4.69) is 10.3 Å². The van der Waals surface area contributed by atoms with Gasteiger partial charge in [-0.1, -0.05) is 0 Å². The van der Waals surface area contributed by atoms with E-state index in [1.165, 1.54) is 12.0 Å². The second kappa shape index (κ2) is 9.68. The Bertz CT molecular complexity index is 1260. The minimum Gasteiger partial charge on any atom is -0.453 e. The number of amides is 2. The van der Waals surface area contributed by atoms with Gasteiger partial charge in [0, 0.05) is 44.7 Å². The van der Waals surface area contributed by atoms with Crippen LogP contribution in [0, 0.1) is 24.4 Å². The van der Waals surface area contributed by atoms with Gasteiger partial charge in [0.25, 0.3) is 11.8 Å². The zero-order valence-corrected chi connectivity index (χ0v) is 18.6. The third-order valence-corrected chi connectivity index (χ3v) is 5.72. The van der Waals surface area contributed by atoms with Gasteiger partial charge in [-0.3, -0.25) is 14.6 Å². The van der Waals surface area contributed by atoms with Crippen molar-refractivity contribution in [3.63, 3.8) is 0 Å². The molecule has 4 rings (SSSR count). The highest BCUT2D eigenvalue weighted by atomic mass is 19.2. The molecule has 7 nitrogen and oxygen atoms in total. The van der Waals surface area contributed by atoms with Gasteiger partial charge in [0.15, 0.2) is 17.4 Å². The molecule has 1 aliphatic heterocycles. The molecule has 0 atom stereocenters. The maximum absolute atomic E-state index is 14.1. The summed E-state index contributed by atoms with van der Waals surface area (Å²) in [5.74, 6) is -4.19. The average Bonchev–Trinajstić information content (AvgIpc) is 3.29. The van der Waals surface area contributed by atoms with Crippen molar-refractivity contribution in [2.75, 3.05) is 13.7 Å². The number of nitrogens with one attached hydrogen (secondary N) is 1. The molecule has 1 aliphatic rings. The van der Waals surface area contributed by atoms with Gasteiger partial charge in [0.1, 0.15) is 18.2 Å². The second-order valence-electron chi connectivity index (χ2n) is 7.93. The number of hydrogen-bond acceptors (Lipinski definition) is 5. The van der Waals surface area contributed by atoms with E-state index in [0.29, 0.717) is 24.3 Å². The van der Waals surface area contributed by atoms with Gasteiger partial charge in [-0.25, -0.2) is 13.2 Å². The van der Waals surface area contributed by atoms with E-state index < -0.39 is 28.9 Å². The van der Waals surface area contributed by atoms with Crippen LogP contribution in [-0.2, 0) is 30.9 Å². The van der Waals surface area contributed by atoms with Gasteiger partial charge in [-0.15, -0.1) is 0 Å². The Morgan fingerprint density at radius 2 is 1.94 bits per heavy atom. The lowest BCUT2D eigenvalue weighted by Crippen LogP contribution is -2.37. The number of methoxy groups -OCH3 is 1. The number of nitrogens with zero attached hydrogens (tertiary/aromatic N) is 2. The van der Waals surface area contributed by atoms with Crippen molar-refractivity contribution in [3.05, 3.63) is 87.4 Å². The summed E-state index contributed by atoms with van der Waals surface area (Å²) in [6, 6.07) is 4.17. The van der Waals surface area contributed by atoms with Crippen molar-refractivity contribution in [1.82, 2.24) is 15.2 Å². The van der Waals surface area contributed by atoms with Crippen LogP contribution in [0.3, 0.4) is 0 Å². The highest BCUT2D eigenvalue weighted by molar-refractivity contribution is 5.94. The lowest BCUT2D eigenvalue weighted by Gasteiger charge is -2.30. The smallest absolute Gasteiger partial charge is 0.287 e. The number of aromatic nitrogens is 1. The predicted octanol–water partition coefficient (Wildman–Crippen LogP) is 3.68. The fraction of sp³-hybridized carbons (Fsp3) is 0.292. The Morgan fingerprint density at radius 1 is 1.18 bits per heavy atom. The van der Waals surface area contributed by atoms with Crippen LogP contribution in [0.4, 0.5) is 13.2 Å². The molecule has 3 heterocycles. The van der Waals surface area contributed by atoms with Crippen molar-refractivity contribution in [1.29, 1.82) is 0 Å². The van der Waals surface area contributed by atoms with Crippen LogP contribution < -0.4 is 5.32 Å². The number of carbonyl (C=O) groups is 2. The topological polar surface area (TPSA) is 84.7 Å². The number of halogens is 3. The SMILES string of the molecule is COCc1ccc(C(=O)NCc2c(C)ncc3c2CCN(C(=O)c2cc(F)c(F)cc2F)C3)o1. The average molecular weight is 473 g/mol. The third-order valence-electron chi connectivity index (χ3n) is 5.72. The second-order valence-corrected chi connectivity index (χ2v) is 7.93. The molecule has 0 saturated heterocycles. The maximum Gasteiger partial charge on any atom is 0.287 e. The van der Waals surface area contributed by atoms with E-state index in [4.69, 9.17) is 9.15 Å². The number of hydrogen-bond donors (Lipinski definition) is 1. The van der Waals surface area contributed by atoms with Gasteiger partial charge >= 0.3 is 0 Å². The lowest BCUT2D eigenvalue weighted by atomic mass is 9.94. The molecular formula is C24H22F3N3O4. The Labute approximate surface area is 193 Å². The van der Waals surface area contributed by atoms with Gasteiger partial charge in [0.05, 0.1) is 5.56 Å². The highest BCUT2D eigenvalue weighted by Gasteiger charge is 2.27. The summed E-state index contributed by atoms with van der Waals surface area (Å²) in [6.07, 6.45) is 2.06. The first kappa shape index (κ1) is 23.5. The van der Waals surface area contributed by atoms with Crippen molar-refractivity contribution >= 4 is 11.8 Å². The molecule has 0 fully saturated rings. The minimum atomic E-state index is -1.35. The first-order valence-electron chi connectivity index (χ1n) is 10.5. The third kappa shape index (κ3) is 4.67. The number of fused-ring (bicyclic) bond motifs is 1. The molecule has 178 valence electrons. The largest absolute Gasteiger partial charge is 0.453 e. The molecule has 2 aromatic heterocycles. The molecule has 34 heavy (non-hydrogen) atoms. The Kier molecular flexibility index (Phi) is 6.69. The summed E-state index contributed by atoms with van der Waals surface area (Å²) in [5.41, 5.74) is 2.69. The van der Waals surface area contributed by atoms with Crippen LogP contribution in [0.2, 0.25) is 0 Å². The highest BCUT2D eigenvalue weighted by Crippen LogP contribution is 2.26. The number of aryl methyl sites for hydroxylation is 1. The zero-order valence-electron chi connectivity index (χ0n) is 18.6. The van der Waals surface area contributed by atoms with E-state index in [1.807, 2.05) is 6.92 Å². The molecule has 0 unspecified atom stereocenters. The minimum absolute atomic E-state index is 0.124. The molecule has 3 aromatic rings. The fourth-order valence-corrected chi connectivity index (χ4v) is 3.96. The summed E-state index contributed by atoms with van der Waals surface area (Å²) in [7, 11) is 1.53. The summed E-state index contributed by atoms with van der Waals surface area (Å²) in [4.78, 5) is 31.0. The van der Waals surface area contributed by atoms with E-state index in [9.17, 15) is 22.8 Å². The van der Waals surface area contributed by atoms with Gasteiger partial charge < -0.3 is 19.4 Å². The standard InChI is InChI=1S/C24H22F3N3O4/c1-13-18(10-29-23(31)22-4-3-15(34-22)12-33-2)16-5-6-30(11-14(16)9-28-13)24(32)17-7-20(26)21(27)8-19(17)25/h3-4,7-9H,5-6,10-12H2,1-2H3,(H,29,31). The first-order valence-corrected chi connectivity index (χ1v) is 10.5. The van der Waals surface area contributed by atoms with Crippen LogP contribution in [0.25, 0.3) is 0 Å². The predicted molar refractivity (Wildman–Crippen MR) is 114 cm³/mol. The number of carbonyl (C=O) groups excluding carboxylic acids is 2. The summed E-state index contributed by atoms with van der Waals surface area (Å²) in [6.45, 7) is 2.64. The molecule has 10 heteroatoms. The number of rotatable bonds is 6. The van der Waals surface area contributed by atoms with Crippen LogP contribution in [0.15, 0.2) is 34.9 Å². The number of pyridine rings is 1. The normalized spacial score (nSPS) is 13.0. The Balaban J connectivity index is 1.49. The molecule has 0 bridgehead atoms. The van der Waals surface area contributed by atoms with Crippen LogP contribution in [0.1, 0.15) is 49.1 Å². The van der Waals surface area contributed by atoms with E-state index in [-0.39, 0.29) is 37.9 Å². The summed E-state index contributed by atoms with van der Waals surface area (Å²) < 4.78 is 51.3. The maximum atomic E-state index is 14.1. The number of benzene rings is 1. The molecule has 0 saturated carbocycles. The molecule has 0 spiro atoms. The fourth-order valence-electron chi connectivity index (χ4n) is 3.96. The zero-order chi connectivity index (χ0) is 24.4. The molecule has 2 amide bonds. The quantitative estimate of drug-likeness (QED) is 0.553. The molecular weight excluding hydrogens is 451 g/mol. The lowest BCUT2D eigenvalue weighted by molar-refractivity contribution is 0.0728. The van der Waals surface area contributed by atoms with E-state index >= 15 is 0 Å². The molecule has 1 N–H and O–H groups in total. The van der Waals surface area contributed by atoms with Crippen molar-refractivity contribution in [3.8, 4) is 0 Å². The van der Waals surface area contributed by atoms with Crippen molar-refractivity contribution in [2.45, 2.75) is 33.0 Å². The van der Waals surface area contributed by atoms with E-state index in [0.717, 1.165) is 22.4 Å². The van der Waals surface area contributed by atoms with Crippen LogP contribution in [-0.4, -0.2) is 35.4 Å². The number of ether oxygens (including phenoxy) is 1. The monoisotopic (exact) mass is 473 g/mol. The van der Waals surface area contributed by atoms with Crippen molar-refractivity contribution < 1.29 is 31.9 Å². The van der Waals surface area contributed by atoms with Crippen LogP contribution >= 0.6 is 0 Å². The molecule has 0 radical (unpaired) electrons.